The normalized spacial score (nSPS) is 16.7. The maximum absolute atomic E-state index is 13.5. The van der Waals surface area contributed by atoms with E-state index in [0.717, 1.165) is 37.3 Å². The van der Waals surface area contributed by atoms with Gasteiger partial charge in [-0.25, -0.2) is 19.3 Å². The molecular formula is C21H25FN6O. The smallest absolute Gasteiger partial charge is 0.161 e. The van der Waals surface area contributed by atoms with Gasteiger partial charge in [0, 0.05) is 17.8 Å². The van der Waals surface area contributed by atoms with Crippen molar-refractivity contribution in [2.24, 2.45) is 0 Å². The minimum absolute atomic E-state index is 0.208. The zero-order valence-electron chi connectivity index (χ0n) is 16.6. The molecule has 3 aromatic rings. The van der Waals surface area contributed by atoms with Crippen LogP contribution in [0.1, 0.15) is 25.8 Å². The highest BCUT2D eigenvalue weighted by molar-refractivity contribution is 5.76. The molecule has 0 bridgehead atoms. The molecule has 2 aromatic heterocycles. The van der Waals surface area contributed by atoms with Gasteiger partial charge >= 0.3 is 0 Å². The van der Waals surface area contributed by atoms with Crippen molar-refractivity contribution in [2.45, 2.75) is 32.0 Å². The van der Waals surface area contributed by atoms with Crippen LogP contribution in [0, 0.1) is 5.82 Å². The molecule has 1 fully saturated rings. The fraction of sp³-hybridized carbons (Fsp3) is 0.381. The van der Waals surface area contributed by atoms with Gasteiger partial charge in [0.2, 0.25) is 0 Å². The van der Waals surface area contributed by atoms with Crippen LogP contribution >= 0.6 is 0 Å². The van der Waals surface area contributed by atoms with Crippen LogP contribution in [-0.4, -0.2) is 55.9 Å². The van der Waals surface area contributed by atoms with Gasteiger partial charge < -0.3 is 19.9 Å². The van der Waals surface area contributed by atoms with Crippen LogP contribution in [-0.2, 0) is 0 Å². The lowest BCUT2D eigenvalue weighted by Gasteiger charge is -2.32. The Bertz CT molecular complexity index is 949. The number of piperidine rings is 1. The number of benzene rings is 1. The zero-order chi connectivity index (χ0) is 20.4. The molecule has 1 unspecified atom stereocenters. The number of nitrogens with zero attached hydrogens (tertiary/aromatic N) is 5. The van der Waals surface area contributed by atoms with Crippen LogP contribution in [0.5, 0.6) is 0 Å². The molecule has 0 radical (unpaired) electrons. The molecule has 2 N–H and O–H groups in total. The Morgan fingerprint density at radius 3 is 2.52 bits per heavy atom. The molecule has 1 atom stereocenters. The number of aliphatic hydroxyl groups excluding tert-OH is 1. The lowest BCUT2D eigenvalue weighted by molar-refractivity contribution is 0.214. The van der Waals surface area contributed by atoms with E-state index in [1.54, 1.807) is 25.3 Å². The SMILES string of the molecule is CC(O)Nc1c(-c2ccc(F)cc2)nc(-c2ccncn2)n1C1CCN(C)CC1. The first kappa shape index (κ1) is 19.5. The Morgan fingerprint density at radius 2 is 1.90 bits per heavy atom. The molecule has 4 rings (SSSR count). The monoisotopic (exact) mass is 396 g/mol. The summed E-state index contributed by atoms with van der Waals surface area (Å²) in [4.78, 5) is 15.6. The predicted octanol–water partition coefficient (Wildman–Crippen LogP) is 3.16. The highest BCUT2D eigenvalue weighted by Crippen LogP contribution is 2.38. The fourth-order valence-electron chi connectivity index (χ4n) is 3.79. The molecule has 0 amide bonds. The number of likely N-dealkylation sites (tertiary alicyclic amines) is 1. The second-order valence-corrected chi connectivity index (χ2v) is 7.46. The second-order valence-electron chi connectivity index (χ2n) is 7.46. The Hall–Kier alpha value is -2.84. The first-order chi connectivity index (χ1) is 14.0. The van der Waals surface area contributed by atoms with E-state index in [1.807, 2.05) is 6.07 Å². The maximum atomic E-state index is 13.5. The summed E-state index contributed by atoms with van der Waals surface area (Å²) in [6.07, 6.45) is 4.34. The molecular weight excluding hydrogens is 371 g/mol. The Balaban J connectivity index is 1.90. The van der Waals surface area contributed by atoms with E-state index in [2.05, 4.69) is 31.8 Å². The third-order valence-corrected chi connectivity index (χ3v) is 5.24. The number of nitrogens with one attached hydrogen (secondary N) is 1. The Morgan fingerprint density at radius 1 is 1.17 bits per heavy atom. The lowest BCUT2D eigenvalue weighted by Crippen LogP contribution is -2.32. The molecule has 0 aliphatic carbocycles. The number of hydrogen-bond donors (Lipinski definition) is 2. The van der Waals surface area contributed by atoms with Gasteiger partial charge in [-0.15, -0.1) is 0 Å². The summed E-state index contributed by atoms with van der Waals surface area (Å²) in [6.45, 7) is 3.63. The fourth-order valence-corrected chi connectivity index (χ4v) is 3.79. The molecule has 152 valence electrons. The van der Waals surface area contributed by atoms with Gasteiger partial charge in [-0.2, -0.15) is 0 Å². The van der Waals surface area contributed by atoms with Gasteiger partial charge in [-0.05, 0) is 70.2 Å². The molecule has 1 aliphatic heterocycles. The van der Waals surface area contributed by atoms with Crippen LogP contribution in [0.15, 0.2) is 42.9 Å². The first-order valence-corrected chi connectivity index (χ1v) is 9.80. The highest BCUT2D eigenvalue weighted by atomic mass is 19.1. The summed E-state index contributed by atoms with van der Waals surface area (Å²) in [5.41, 5.74) is 2.15. The van der Waals surface area contributed by atoms with Gasteiger partial charge in [0.25, 0.3) is 0 Å². The molecule has 8 heteroatoms. The lowest BCUT2D eigenvalue weighted by atomic mass is 10.0. The largest absolute Gasteiger partial charge is 0.374 e. The molecule has 29 heavy (non-hydrogen) atoms. The topological polar surface area (TPSA) is 79.1 Å². The van der Waals surface area contributed by atoms with Crippen molar-refractivity contribution in [1.29, 1.82) is 0 Å². The van der Waals surface area contributed by atoms with Crippen molar-refractivity contribution in [3.05, 3.63) is 48.7 Å². The average molecular weight is 396 g/mol. The van der Waals surface area contributed by atoms with Crippen molar-refractivity contribution < 1.29 is 9.50 Å². The van der Waals surface area contributed by atoms with E-state index in [-0.39, 0.29) is 11.9 Å². The number of aliphatic hydroxyl groups is 1. The van der Waals surface area contributed by atoms with Crippen molar-refractivity contribution in [2.75, 3.05) is 25.5 Å². The Kier molecular flexibility index (Phi) is 5.55. The van der Waals surface area contributed by atoms with E-state index >= 15 is 0 Å². The van der Waals surface area contributed by atoms with Crippen LogP contribution < -0.4 is 5.32 Å². The van der Waals surface area contributed by atoms with E-state index < -0.39 is 6.23 Å². The van der Waals surface area contributed by atoms with Crippen molar-refractivity contribution in [3.8, 4) is 22.8 Å². The maximum Gasteiger partial charge on any atom is 0.161 e. The molecule has 1 aliphatic rings. The highest BCUT2D eigenvalue weighted by Gasteiger charge is 2.28. The van der Waals surface area contributed by atoms with Gasteiger partial charge in [0.1, 0.15) is 35.6 Å². The van der Waals surface area contributed by atoms with Crippen LogP contribution in [0.3, 0.4) is 0 Å². The Labute approximate surface area is 169 Å². The number of rotatable bonds is 5. The van der Waals surface area contributed by atoms with E-state index in [9.17, 15) is 9.50 Å². The molecule has 1 aromatic carbocycles. The third-order valence-electron chi connectivity index (χ3n) is 5.24. The predicted molar refractivity (Wildman–Crippen MR) is 110 cm³/mol. The number of aromatic nitrogens is 4. The van der Waals surface area contributed by atoms with E-state index in [1.165, 1.54) is 18.5 Å². The molecule has 7 nitrogen and oxygen atoms in total. The minimum atomic E-state index is -0.769. The summed E-state index contributed by atoms with van der Waals surface area (Å²) in [7, 11) is 2.12. The first-order valence-electron chi connectivity index (χ1n) is 9.80. The van der Waals surface area contributed by atoms with Gasteiger partial charge in [0.15, 0.2) is 5.82 Å². The summed E-state index contributed by atoms with van der Waals surface area (Å²) in [5.74, 6) is 1.13. The summed E-state index contributed by atoms with van der Waals surface area (Å²) in [5, 5.41) is 13.3. The standard InChI is InChI=1S/C21H25FN6O/c1-14(29)25-21-19(15-3-5-16(22)6-4-15)26-20(18-7-10-23-13-24-18)28(21)17-8-11-27(2)12-9-17/h3-7,10,13-14,17,25,29H,8-9,11-12H2,1-2H3. The summed E-state index contributed by atoms with van der Waals surface area (Å²) >= 11 is 0. The average Bonchev–Trinajstić information content (AvgIpc) is 3.08. The number of hydrogen-bond acceptors (Lipinski definition) is 6. The van der Waals surface area contributed by atoms with Gasteiger partial charge in [-0.1, -0.05) is 0 Å². The number of imidazole rings is 1. The van der Waals surface area contributed by atoms with Gasteiger partial charge in [0.05, 0.1) is 0 Å². The third kappa shape index (κ3) is 4.13. The molecule has 0 saturated carbocycles. The van der Waals surface area contributed by atoms with Crippen LogP contribution in [0.2, 0.25) is 0 Å². The van der Waals surface area contributed by atoms with Crippen LogP contribution in [0.25, 0.3) is 22.8 Å². The zero-order valence-corrected chi connectivity index (χ0v) is 16.6. The van der Waals surface area contributed by atoms with E-state index in [4.69, 9.17) is 4.98 Å². The molecule has 3 heterocycles. The van der Waals surface area contributed by atoms with Crippen molar-refractivity contribution in [3.63, 3.8) is 0 Å². The van der Waals surface area contributed by atoms with Crippen molar-refractivity contribution in [1.82, 2.24) is 24.4 Å². The number of halogens is 1. The second kappa shape index (κ2) is 8.26. The summed E-state index contributed by atoms with van der Waals surface area (Å²) in [6, 6.07) is 8.27. The summed E-state index contributed by atoms with van der Waals surface area (Å²) < 4.78 is 15.6. The van der Waals surface area contributed by atoms with E-state index in [0.29, 0.717) is 17.2 Å². The minimum Gasteiger partial charge on any atom is -0.374 e. The quantitative estimate of drug-likeness (QED) is 0.645. The number of anilines is 1. The van der Waals surface area contributed by atoms with Crippen LogP contribution in [0.4, 0.5) is 10.2 Å². The van der Waals surface area contributed by atoms with Crippen molar-refractivity contribution >= 4 is 5.82 Å². The molecule has 1 saturated heterocycles. The van der Waals surface area contributed by atoms with Gasteiger partial charge in [-0.3, -0.25) is 0 Å². The molecule has 0 spiro atoms.